The van der Waals surface area contributed by atoms with Crippen molar-refractivity contribution in [3.05, 3.63) is 28.3 Å². The zero-order valence-electron chi connectivity index (χ0n) is 11.6. The highest BCUT2D eigenvalue weighted by molar-refractivity contribution is 5.66. The van der Waals surface area contributed by atoms with Crippen LogP contribution in [0.25, 0.3) is 0 Å². The normalized spacial score (nSPS) is 15.3. The van der Waals surface area contributed by atoms with Crippen molar-refractivity contribution in [2.45, 2.75) is 31.7 Å². The maximum atomic E-state index is 11.2. The number of rotatable bonds is 6. The van der Waals surface area contributed by atoms with Gasteiger partial charge in [-0.05, 0) is 18.9 Å². The topological polar surface area (TPSA) is 75.8 Å². The fraction of sp³-hybridized carbons (Fsp3) is 0.571. The zero-order chi connectivity index (χ0) is 14.5. The molecule has 0 unspecified atom stereocenters. The van der Waals surface area contributed by atoms with Crippen LogP contribution in [0.4, 0.5) is 11.4 Å². The van der Waals surface area contributed by atoms with Crippen LogP contribution in [0.2, 0.25) is 0 Å². The molecule has 2 rings (SSSR count). The standard InChI is InChI=1S/C14H20N2O4/c1-20-12-6-7-13(16(18)19)14(10-12)15(8-9-17)11-4-2-3-5-11/h6-7,10-11,17H,2-5,8-9H2,1H3. The van der Waals surface area contributed by atoms with Crippen molar-refractivity contribution in [3.8, 4) is 5.75 Å². The van der Waals surface area contributed by atoms with Crippen LogP contribution in [0.1, 0.15) is 25.7 Å². The smallest absolute Gasteiger partial charge is 0.292 e. The van der Waals surface area contributed by atoms with E-state index in [9.17, 15) is 15.2 Å². The number of nitro benzene ring substituents is 1. The third-order valence-corrected chi connectivity index (χ3v) is 3.80. The van der Waals surface area contributed by atoms with Gasteiger partial charge in [0.05, 0.1) is 18.6 Å². The lowest BCUT2D eigenvalue weighted by atomic mass is 10.1. The van der Waals surface area contributed by atoms with E-state index in [2.05, 4.69) is 0 Å². The summed E-state index contributed by atoms with van der Waals surface area (Å²) >= 11 is 0. The van der Waals surface area contributed by atoms with Crippen LogP contribution >= 0.6 is 0 Å². The first-order chi connectivity index (χ1) is 9.67. The van der Waals surface area contributed by atoms with Gasteiger partial charge in [0.25, 0.3) is 5.69 Å². The van der Waals surface area contributed by atoms with Crippen LogP contribution in [-0.2, 0) is 0 Å². The second-order valence-electron chi connectivity index (χ2n) is 4.97. The summed E-state index contributed by atoms with van der Waals surface area (Å²) < 4.78 is 5.17. The van der Waals surface area contributed by atoms with Crippen molar-refractivity contribution in [3.63, 3.8) is 0 Å². The number of hydrogen-bond acceptors (Lipinski definition) is 5. The molecule has 20 heavy (non-hydrogen) atoms. The molecule has 0 saturated heterocycles. The zero-order valence-corrected chi connectivity index (χ0v) is 11.6. The minimum absolute atomic E-state index is 0.0230. The van der Waals surface area contributed by atoms with Crippen molar-refractivity contribution >= 4 is 11.4 Å². The molecule has 1 aromatic carbocycles. The Morgan fingerprint density at radius 2 is 2.15 bits per heavy atom. The summed E-state index contributed by atoms with van der Waals surface area (Å²) in [6, 6.07) is 5.00. The molecule has 0 bridgehead atoms. The van der Waals surface area contributed by atoms with Crippen molar-refractivity contribution < 1.29 is 14.8 Å². The van der Waals surface area contributed by atoms with E-state index in [-0.39, 0.29) is 23.3 Å². The molecule has 1 fully saturated rings. The largest absolute Gasteiger partial charge is 0.497 e. The number of methoxy groups -OCH3 is 1. The molecule has 110 valence electrons. The summed E-state index contributed by atoms with van der Waals surface area (Å²) in [5.74, 6) is 0.589. The number of ether oxygens (including phenoxy) is 1. The molecule has 6 nitrogen and oxygen atoms in total. The van der Waals surface area contributed by atoms with Gasteiger partial charge in [0.15, 0.2) is 0 Å². The fourth-order valence-corrected chi connectivity index (χ4v) is 2.84. The van der Waals surface area contributed by atoms with Gasteiger partial charge in [0.1, 0.15) is 11.4 Å². The van der Waals surface area contributed by atoms with E-state index in [1.54, 1.807) is 12.1 Å². The molecule has 6 heteroatoms. The highest BCUT2D eigenvalue weighted by Gasteiger charge is 2.28. The predicted molar refractivity (Wildman–Crippen MR) is 76.3 cm³/mol. The Hall–Kier alpha value is -1.82. The molecular formula is C14H20N2O4. The van der Waals surface area contributed by atoms with Gasteiger partial charge in [-0.15, -0.1) is 0 Å². The monoisotopic (exact) mass is 280 g/mol. The van der Waals surface area contributed by atoms with Gasteiger partial charge < -0.3 is 14.7 Å². The van der Waals surface area contributed by atoms with E-state index in [0.717, 1.165) is 25.7 Å². The van der Waals surface area contributed by atoms with Crippen LogP contribution < -0.4 is 9.64 Å². The number of hydrogen-bond donors (Lipinski definition) is 1. The molecular weight excluding hydrogens is 260 g/mol. The highest BCUT2D eigenvalue weighted by atomic mass is 16.6. The maximum Gasteiger partial charge on any atom is 0.292 e. The van der Waals surface area contributed by atoms with E-state index in [1.807, 2.05) is 4.90 Å². The van der Waals surface area contributed by atoms with Crippen molar-refractivity contribution in [1.82, 2.24) is 0 Å². The molecule has 0 radical (unpaired) electrons. The van der Waals surface area contributed by atoms with Gasteiger partial charge in [-0.25, -0.2) is 0 Å². The molecule has 0 spiro atoms. The van der Waals surface area contributed by atoms with Crippen LogP contribution in [0.15, 0.2) is 18.2 Å². The summed E-state index contributed by atoms with van der Waals surface area (Å²) in [6.45, 7) is 0.379. The Labute approximate surface area is 118 Å². The number of anilines is 1. The summed E-state index contributed by atoms with van der Waals surface area (Å²) in [5, 5.41) is 20.5. The van der Waals surface area contributed by atoms with Gasteiger partial charge in [0, 0.05) is 24.7 Å². The number of nitro groups is 1. The second kappa shape index (κ2) is 6.56. The van der Waals surface area contributed by atoms with Crippen LogP contribution in [0, 0.1) is 10.1 Å². The average Bonchev–Trinajstić information content (AvgIpc) is 2.97. The minimum Gasteiger partial charge on any atom is -0.497 e. The minimum atomic E-state index is -0.381. The van der Waals surface area contributed by atoms with Gasteiger partial charge in [-0.2, -0.15) is 0 Å². The molecule has 1 aliphatic carbocycles. The van der Waals surface area contributed by atoms with E-state index in [4.69, 9.17) is 4.74 Å². The lowest BCUT2D eigenvalue weighted by Gasteiger charge is -2.30. The van der Waals surface area contributed by atoms with Crippen LogP contribution in [-0.4, -0.2) is 36.3 Å². The first-order valence-corrected chi connectivity index (χ1v) is 6.87. The Balaban J connectivity index is 2.41. The molecule has 1 N–H and O–H groups in total. The Kier molecular flexibility index (Phi) is 4.79. The molecule has 1 aromatic rings. The maximum absolute atomic E-state index is 11.2. The van der Waals surface area contributed by atoms with E-state index < -0.39 is 0 Å². The second-order valence-corrected chi connectivity index (χ2v) is 4.97. The molecule has 1 aliphatic rings. The fourth-order valence-electron chi connectivity index (χ4n) is 2.84. The average molecular weight is 280 g/mol. The number of aliphatic hydroxyl groups is 1. The van der Waals surface area contributed by atoms with Crippen molar-refractivity contribution in [2.24, 2.45) is 0 Å². The molecule has 0 amide bonds. The summed E-state index contributed by atoms with van der Waals surface area (Å²) in [5.41, 5.74) is 0.599. The highest BCUT2D eigenvalue weighted by Crippen LogP contribution is 2.36. The Morgan fingerprint density at radius 3 is 2.70 bits per heavy atom. The summed E-state index contributed by atoms with van der Waals surface area (Å²) in [7, 11) is 1.54. The molecule has 1 saturated carbocycles. The van der Waals surface area contributed by atoms with E-state index in [1.165, 1.54) is 13.2 Å². The lowest BCUT2D eigenvalue weighted by Crippen LogP contribution is -2.36. The SMILES string of the molecule is COc1ccc([N+](=O)[O-])c(N(CCO)C2CCCC2)c1. The van der Waals surface area contributed by atoms with Gasteiger partial charge in [0.2, 0.25) is 0 Å². The molecule has 0 atom stereocenters. The van der Waals surface area contributed by atoms with Crippen molar-refractivity contribution in [1.29, 1.82) is 0 Å². The third kappa shape index (κ3) is 3.01. The number of nitrogens with zero attached hydrogens (tertiary/aromatic N) is 2. The van der Waals surface area contributed by atoms with E-state index in [0.29, 0.717) is 18.0 Å². The first kappa shape index (κ1) is 14.6. The third-order valence-electron chi connectivity index (χ3n) is 3.80. The van der Waals surface area contributed by atoms with Crippen LogP contribution in [0.5, 0.6) is 5.75 Å². The quantitative estimate of drug-likeness (QED) is 0.639. The van der Waals surface area contributed by atoms with Gasteiger partial charge in [-0.1, -0.05) is 12.8 Å². The molecule has 0 heterocycles. The van der Waals surface area contributed by atoms with Gasteiger partial charge in [-0.3, -0.25) is 10.1 Å². The molecule has 0 aliphatic heterocycles. The predicted octanol–water partition coefficient (Wildman–Crippen LogP) is 2.34. The lowest BCUT2D eigenvalue weighted by molar-refractivity contribution is -0.384. The molecule has 0 aromatic heterocycles. The summed E-state index contributed by atoms with van der Waals surface area (Å²) in [6.07, 6.45) is 4.28. The number of benzene rings is 1. The van der Waals surface area contributed by atoms with Crippen LogP contribution in [0.3, 0.4) is 0 Å². The first-order valence-electron chi connectivity index (χ1n) is 6.87. The number of aliphatic hydroxyl groups excluding tert-OH is 1. The van der Waals surface area contributed by atoms with Crippen molar-refractivity contribution in [2.75, 3.05) is 25.2 Å². The van der Waals surface area contributed by atoms with Gasteiger partial charge >= 0.3 is 0 Å². The Bertz CT molecular complexity index is 472. The summed E-state index contributed by atoms with van der Waals surface area (Å²) in [4.78, 5) is 12.8. The van der Waals surface area contributed by atoms with E-state index >= 15 is 0 Å². The Morgan fingerprint density at radius 1 is 1.45 bits per heavy atom.